The van der Waals surface area contributed by atoms with Crippen LogP contribution in [0.5, 0.6) is 0 Å². The Morgan fingerprint density at radius 1 is 1.46 bits per heavy atom. The van der Waals surface area contributed by atoms with Gasteiger partial charge in [0.05, 0.1) is 12.3 Å². The molecule has 0 aliphatic rings. The van der Waals surface area contributed by atoms with Crippen molar-refractivity contribution in [3.8, 4) is 0 Å². The first-order chi connectivity index (χ1) is 5.84. The van der Waals surface area contributed by atoms with Crippen molar-refractivity contribution in [2.24, 2.45) is 5.73 Å². The van der Waals surface area contributed by atoms with Crippen molar-refractivity contribution in [3.63, 3.8) is 0 Å². The fourth-order valence-corrected chi connectivity index (χ4v) is 1.26. The van der Waals surface area contributed by atoms with E-state index in [-0.39, 0.29) is 18.4 Å². The van der Waals surface area contributed by atoms with Crippen LogP contribution >= 0.6 is 12.4 Å². The summed E-state index contributed by atoms with van der Waals surface area (Å²) in [5, 5.41) is 0. The summed E-state index contributed by atoms with van der Waals surface area (Å²) in [6, 6.07) is 3.91. The lowest BCUT2D eigenvalue weighted by Crippen LogP contribution is -2.08. The second-order valence-electron chi connectivity index (χ2n) is 3.12. The molecule has 2 nitrogen and oxygen atoms in total. The molecule has 0 bridgehead atoms. The monoisotopic (exact) mass is 203 g/mol. The van der Waals surface area contributed by atoms with Crippen LogP contribution in [-0.4, -0.2) is 0 Å². The Hall–Kier alpha value is -0.470. The van der Waals surface area contributed by atoms with Gasteiger partial charge in [0.2, 0.25) is 0 Å². The highest BCUT2D eigenvalue weighted by Crippen LogP contribution is 2.17. The van der Waals surface area contributed by atoms with Gasteiger partial charge in [-0.3, -0.25) is 0 Å². The Labute approximate surface area is 85.9 Å². The molecule has 0 aromatic carbocycles. The summed E-state index contributed by atoms with van der Waals surface area (Å²) in [7, 11) is 0. The van der Waals surface area contributed by atoms with Crippen LogP contribution in [0.4, 0.5) is 0 Å². The number of furan rings is 1. The minimum Gasteiger partial charge on any atom is -0.468 e. The molecule has 3 heteroatoms. The average Bonchev–Trinajstić information content (AvgIpc) is 2.56. The lowest BCUT2D eigenvalue weighted by Gasteiger charge is -2.06. The summed E-state index contributed by atoms with van der Waals surface area (Å²) >= 11 is 0. The normalized spacial score (nSPS) is 12.2. The molecule has 1 heterocycles. The van der Waals surface area contributed by atoms with Gasteiger partial charge in [-0.2, -0.15) is 0 Å². The highest BCUT2D eigenvalue weighted by molar-refractivity contribution is 5.85. The highest BCUT2D eigenvalue weighted by atomic mass is 35.5. The summed E-state index contributed by atoms with van der Waals surface area (Å²) in [6.45, 7) is 2.19. The summed E-state index contributed by atoms with van der Waals surface area (Å²) in [4.78, 5) is 0. The van der Waals surface area contributed by atoms with Gasteiger partial charge in [-0.05, 0) is 18.6 Å². The van der Waals surface area contributed by atoms with Crippen LogP contribution in [0.2, 0.25) is 0 Å². The molecule has 0 unspecified atom stereocenters. The Kier molecular flexibility index (Phi) is 6.73. The Morgan fingerprint density at radius 3 is 2.77 bits per heavy atom. The van der Waals surface area contributed by atoms with Crippen LogP contribution in [0, 0.1) is 0 Å². The third-order valence-corrected chi connectivity index (χ3v) is 2.03. The molecule has 0 fully saturated rings. The Bertz CT molecular complexity index is 199. The molecule has 0 saturated heterocycles. The minimum absolute atomic E-state index is 0. The molecule has 13 heavy (non-hydrogen) atoms. The molecule has 0 aliphatic carbocycles. The van der Waals surface area contributed by atoms with Gasteiger partial charge in [0, 0.05) is 0 Å². The molecular formula is C10H18ClNO. The van der Waals surface area contributed by atoms with E-state index in [1.807, 2.05) is 12.1 Å². The van der Waals surface area contributed by atoms with E-state index in [9.17, 15) is 0 Å². The van der Waals surface area contributed by atoms with Gasteiger partial charge in [0.25, 0.3) is 0 Å². The third-order valence-electron chi connectivity index (χ3n) is 2.03. The first kappa shape index (κ1) is 12.5. The van der Waals surface area contributed by atoms with Crippen LogP contribution in [0.1, 0.15) is 44.4 Å². The summed E-state index contributed by atoms with van der Waals surface area (Å²) in [5.74, 6) is 0.908. The van der Waals surface area contributed by atoms with Crippen LogP contribution < -0.4 is 5.73 Å². The number of unbranched alkanes of at least 4 members (excludes halogenated alkanes) is 2. The molecule has 0 saturated carbocycles. The molecular weight excluding hydrogens is 186 g/mol. The first-order valence-corrected chi connectivity index (χ1v) is 4.63. The second-order valence-corrected chi connectivity index (χ2v) is 3.12. The maximum Gasteiger partial charge on any atom is 0.120 e. The zero-order valence-corrected chi connectivity index (χ0v) is 8.85. The average molecular weight is 204 g/mol. The van der Waals surface area contributed by atoms with Gasteiger partial charge < -0.3 is 10.2 Å². The highest BCUT2D eigenvalue weighted by Gasteiger charge is 2.06. The number of rotatable bonds is 5. The van der Waals surface area contributed by atoms with Gasteiger partial charge in [-0.1, -0.05) is 26.2 Å². The quantitative estimate of drug-likeness (QED) is 0.746. The van der Waals surface area contributed by atoms with E-state index in [2.05, 4.69) is 6.92 Å². The van der Waals surface area contributed by atoms with Crippen molar-refractivity contribution in [2.75, 3.05) is 0 Å². The molecule has 0 radical (unpaired) electrons. The Balaban J connectivity index is 0.00000144. The van der Waals surface area contributed by atoms with Crippen molar-refractivity contribution >= 4 is 12.4 Å². The lowest BCUT2D eigenvalue weighted by molar-refractivity contribution is 0.441. The van der Waals surface area contributed by atoms with E-state index in [1.54, 1.807) is 6.26 Å². The van der Waals surface area contributed by atoms with E-state index < -0.39 is 0 Å². The predicted molar refractivity (Wildman–Crippen MR) is 57.0 cm³/mol. The molecule has 0 spiro atoms. The van der Waals surface area contributed by atoms with Gasteiger partial charge in [0.1, 0.15) is 5.76 Å². The van der Waals surface area contributed by atoms with E-state index in [0.29, 0.717) is 0 Å². The number of hydrogen-bond acceptors (Lipinski definition) is 2. The zero-order valence-electron chi connectivity index (χ0n) is 8.03. The largest absolute Gasteiger partial charge is 0.468 e. The molecule has 1 aromatic rings. The Morgan fingerprint density at radius 2 is 2.23 bits per heavy atom. The maximum atomic E-state index is 5.89. The molecule has 2 N–H and O–H groups in total. The predicted octanol–water partition coefficient (Wildman–Crippen LogP) is 3.28. The molecule has 1 aromatic heterocycles. The summed E-state index contributed by atoms with van der Waals surface area (Å²) in [6.07, 6.45) is 6.40. The number of halogens is 1. The van der Waals surface area contributed by atoms with Crippen LogP contribution in [0.3, 0.4) is 0 Å². The van der Waals surface area contributed by atoms with E-state index in [0.717, 1.165) is 12.2 Å². The van der Waals surface area contributed by atoms with Gasteiger partial charge in [-0.15, -0.1) is 12.4 Å². The van der Waals surface area contributed by atoms with Crippen molar-refractivity contribution in [2.45, 2.75) is 38.6 Å². The van der Waals surface area contributed by atoms with Crippen LogP contribution in [0.25, 0.3) is 0 Å². The van der Waals surface area contributed by atoms with E-state index in [4.69, 9.17) is 10.2 Å². The number of hydrogen-bond donors (Lipinski definition) is 1. The summed E-state index contributed by atoms with van der Waals surface area (Å²) < 4.78 is 5.20. The first-order valence-electron chi connectivity index (χ1n) is 4.63. The number of nitrogens with two attached hydrogens (primary N) is 1. The lowest BCUT2D eigenvalue weighted by atomic mass is 10.1. The van der Waals surface area contributed by atoms with Gasteiger partial charge in [-0.25, -0.2) is 0 Å². The van der Waals surface area contributed by atoms with Crippen molar-refractivity contribution in [1.29, 1.82) is 0 Å². The minimum atomic E-state index is 0. The molecule has 0 aliphatic heterocycles. The van der Waals surface area contributed by atoms with Crippen molar-refractivity contribution in [3.05, 3.63) is 24.2 Å². The molecule has 1 atom stereocenters. The van der Waals surface area contributed by atoms with Gasteiger partial charge >= 0.3 is 0 Å². The van der Waals surface area contributed by atoms with Crippen LogP contribution in [-0.2, 0) is 0 Å². The van der Waals surface area contributed by atoms with E-state index >= 15 is 0 Å². The molecule has 76 valence electrons. The fourth-order valence-electron chi connectivity index (χ4n) is 1.26. The smallest absolute Gasteiger partial charge is 0.120 e. The molecule has 1 rings (SSSR count). The van der Waals surface area contributed by atoms with E-state index in [1.165, 1.54) is 19.3 Å². The second kappa shape index (κ2) is 6.98. The van der Waals surface area contributed by atoms with Crippen molar-refractivity contribution < 1.29 is 4.42 Å². The standard InChI is InChI=1S/C10H17NO.ClH/c1-2-3-4-6-9(11)10-7-5-8-12-10;/h5,7-9H,2-4,6,11H2,1H3;1H/t9-;/m1./s1. The molecule has 0 amide bonds. The van der Waals surface area contributed by atoms with Gasteiger partial charge in [0.15, 0.2) is 0 Å². The SMILES string of the molecule is CCCCC[C@@H](N)c1ccco1.Cl. The topological polar surface area (TPSA) is 39.2 Å². The maximum absolute atomic E-state index is 5.89. The van der Waals surface area contributed by atoms with Crippen molar-refractivity contribution in [1.82, 2.24) is 0 Å². The zero-order chi connectivity index (χ0) is 8.81. The third kappa shape index (κ3) is 4.34. The fraction of sp³-hybridized carbons (Fsp3) is 0.600. The van der Waals surface area contributed by atoms with Crippen LogP contribution in [0.15, 0.2) is 22.8 Å². The summed E-state index contributed by atoms with van der Waals surface area (Å²) in [5.41, 5.74) is 5.89.